The topological polar surface area (TPSA) is 52.6 Å². The van der Waals surface area contributed by atoms with Gasteiger partial charge in [-0.3, -0.25) is 0 Å². The molecule has 0 heterocycles. The van der Waals surface area contributed by atoms with Crippen molar-refractivity contribution in [2.45, 2.75) is 44.9 Å². The molecule has 4 heteroatoms. The lowest BCUT2D eigenvalue weighted by Gasteiger charge is -2.07. The average molecular weight is 288 g/mol. The van der Waals surface area contributed by atoms with E-state index < -0.39 is 11.9 Å². The number of allylic oxidation sites excluding steroid dienone is 5. The summed E-state index contributed by atoms with van der Waals surface area (Å²) in [6, 6.07) is 0. The number of esters is 2. The maximum absolute atomic E-state index is 12.1. The summed E-state index contributed by atoms with van der Waals surface area (Å²) in [5.74, 6) is 0.334. The first-order valence-electron chi connectivity index (χ1n) is 7.32. The van der Waals surface area contributed by atoms with E-state index in [1.807, 2.05) is 12.2 Å². The molecule has 21 heavy (non-hydrogen) atoms. The molecule has 2 rings (SSSR count). The number of rotatable bonds is 6. The highest BCUT2D eigenvalue weighted by atomic mass is 16.5. The first-order chi connectivity index (χ1) is 10.2. The summed E-state index contributed by atoms with van der Waals surface area (Å²) in [5, 5.41) is 0. The van der Waals surface area contributed by atoms with E-state index in [2.05, 4.69) is 6.58 Å². The normalized spacial score (nSPS) is 18.0. The molecule has 0 unspecified atom stereocenters. The van der Waals surface area contributed by atoms with Crippen LogP contribution in [0.3, 0.4) is 0 Å². The lowest BCUT2D eigenvalue weighted by molar-refractivity contribution is -0.137. The fraction of sp³-hybridized carbons (Fsp3) is 0.412. The van der Waals surface area contributed by atoms with Crippen LogP contribution in [0.25, 0.3) is 0 Å². The second-order valence-corrected chi connectivity index (χ2v) is 5.10. The van der Waals surface area contributed by atoms with Crippen LogP contribution in [0.5, 0.6) is 0 Å². The van der Waals surface area contributed by atoms with Gasteiger partial charge in [0, 0.05) is 24.5 Å². The fourth-order valence-corrected chi connectivity index (χ4v) is 2.31. The van der Waals surface area contributed by atoms with Crippen molar-refractivity contribution in [3.05, 3.63) is 48.0 Å². The van der Waals surface area contributed by atoms with Crippen LogP contribution < -0.4 is 0 Å². The van der Waals surface area contributed by atoms with E-state index in [-0.39, 0.29) is 12.0 Å². The first-order valence-corrected chi connectivity index (χ1v) is 7.32. The van der Waals surface area contributed by atoms with Crippen LogP contribution in [0.2, 0.25) is 0 Å². The van der Waals surface area contributed by atoms with E-state index in [0.29, 0.717) is 11.5 Å². The molecule has 0 aliphatic heterocycles. The summed E-state index contributed by atoms with van der Waals surface area (Å²) in [7, 11) is 0. The third kappa shape index (κ3) is 4.74. The van der Waals surface area contributed by atoms with Gasteiger partial charge in [0.15, 0.2) is 0 Å². The predicted octanol–water partition coefficient (Wildman–Crippen LogP) is 3.71. The molecule has 0 aromatic carbocycles. The van der Waals surface area contributed by atoms with Crippen LogP contribution in [0.1, 0.15) is 44.9 Å². The zero-order valence-electron chi connectivity index (χ0n) is 12.1. The molecule has 0 atom stereocenters. The van der Waals surface area contributed by atoms with Crippen LogP contribution in [0.4, 0.5) is 0 Å². The predicted molar refractivity (Wildman–Crippen MR) is 78.9 cm³/mol. The van der Waals surface area contributed by atoms with Gasteiger partial charge in [0.25, 0.3) is 0 Å². The van der Waals surface area contributed by atoms with Gasteiger partial charge in [-0.1, -0.05) is 6.08 Å². The number of carbonyl (C=O) groups is 2. The molecule has 2 aliphatic carbocycles. The molecule has 0 saturated heterocycles. The third-order valence-electron chi connectivity index (χ3n) is 3.37. The van der Waals surface area contributed by atoms with Crippen molar-refractivity contribution >= 4 is 11.9 Å². The molecule has 2 aliphatic rings. The Morgan fingerprint density at radius 1 is 1.10 bits per heavy atom. The molecular formula is C17H20O4. The van der Waals surface area contributed by atoms with Gasteiger partial charge in [0.1, 0.15) is 11.5 Å². The molecule has 0 bridgehead atoms. The Balaban J connectivity index is 1.98. The highest BCUT2D eigenvalue weighted by Gasteiger charge is 2.17. The SMILES string of the molecule is C=CC/C(=C\C(=O)OC1=CCCC1)C(=O)OC1=CCCC1. The average Bonchev–Trinajstić information content (AvgIpc) is 3.11. The van der Waals surface area contributed by atoms with Crippen LogP contribution in [0.15, 0.2) is 48.0 Å². The minimum Gasteiger partial charge on any atom is -0.428 e. The molecule has 4 nitrogen and oxygen atoms in total. The van der Waals surface area contributed by atoms with E-state index in [4.69, 9.17) is 9.47 Å². The maximum atomic E-state index is 12.1. The summed E-state index contributed by atoms with van der Waals surface area (Å²) in [5.41, 5.74) is 0.265. The summed E-state index contributed by atoms with van der Waals surface area (Å²) in [6.45, 7) is 3.60. The Bertz CT molecular complexity index is 523. The van der Waals surface area contributed by atoms with Crippen LogP contribution in [-0.4, -0.2) is 11.9 Å². The number of hydrogen-bond donors (Lipinski definition) is 0. The Labute approximate surface area is 124 Å². The van der Waals surface area contributed by atoms with Gasteiger partial charge in [0.2, 0.25) is 0 Å². The Morgan fingerprint density at radius 3 is 2.24 bits per heavy atom. The Hall–Kier alpha value is -2.10. The van der Waals surface area contributed by atoms with E-state index in [1.165, 1.54) is 6.08 Å². The Morgan fingerprint density at radius 2 is 1.71 bits per heavy atom. The summed E-state index contributed by atoms with van der Waals surface area (Å²) in [6.07, 6.45) is 12.3. The molecule has 0 amide bonds. The van der Waals surface area contributed by atoms with E-state index in [1.54, 1.807) is 6.08 Å². The monoisotopic (exact) mass is 288 g/mol. The van der Waals surface area contributed by atoms with Crippen LogP contribution in [0, 0.1) is 0 Å². The minimum absolute atomic E-state index is 0.265. The Kier molecular flexibility index (Phi) is 5.55. The standard InChI is InChI=1S/C17H20O4/c1-2-7-13(17(19)21-15-10-5-6-11-15)12-16(18)20-14-8-3-4-9-14/h2,8,10,12H,1,3-7,9,11H2/b13-12+. The highest BCUT2D eigenvalue weighted by molar-refractivity contribution is 5.97. The van der Waals surface area contributed by atoms with Gasteiger partial charge >= 0.3 is 11.9 Å². The molecule has 0 spiro atoms. The minimum atomic E-state index is -0.530. The summed E-state index contributed by atoms with van der Waals surface area (Å²) < 4.78 is 10.5. The quantitative estimate of drug-likeness (QED) is 0.425. The zero-order chi connectivity index (χ0) is 15.1. The van der Waals surface area contributed by atoms with E-state index in [0.717, 1.165) is 38.5 Å². The van der Waals surface area contributed by atoms with Gasteiger partial charge in [-0.2, -0.15) is 0 Å². The number of hydrogen-bond acceptors (Lipinski definition) is 4. The molecule has 0 fully saturated rings. The smallest absolute Gasteiger partial charge is 0.339 e. The second kappa shape index (κ2) is 7.62. The van der Waals surface area contributed by atoms with Crippen molar-refractivity contribution in [1.29, 1.82) is 0 Å². The van der Waals surface area contributed by atoms with Crippen molar-refractivity contribution in [1.82, 2.24) is 0 Å². The van der Waals surface area contributed by atoms with Crippen molar-refractivity contribution in [2.75, 3.05) is 0 Å². The maximum Gasteiger partial charge on any atom is 0.339 e. The highest BCUT2D eigenvalue weighted by Crippen LogP contribution is 2.21. The van der Waals surface area contributed by atoms with Gasteiger partial charge in [-0.15, -0.1) is 6.58 Å². The second-order valence-electron chi connectivity index (χ2n) is 5.10. The molecule has 0 radical (unpaired) electrons. The van der Waals surface area contributed by atoms with Gasteiger partial charge in [-0.05, 0) is 44.3 Å². The lowest BCUT2D eigenvalue weighted by Crippen LogP contribution is -2.10. The van der Waals surface area contributed by atoms with Crippen LogP contribution >= 0.6 is 0 Å². The fourth-order valence-electron chi connectivity index (χ4n) is 2.31. The van der Waals surface area contributed by atoms with E-state index >= 15 is 0 Å². The molecule has 112 valence electrons. The summed E-state index contributed by atoms with van der Waals surface area (Å²) >= 11 is 0. The van der Waals surface area contributed by atoms with Crippen LogP contribution in [-0.2, 0) is 19.1 Å². The lowest BCUT2D eigenvalue weighted by atomic mass is 10.2. The van der Waals surface area contributed by atoms with Crippen molar-refractivity contribution in [2.24, 2.45) is 0 Å². The largest absolute Gasteiger partial charge is 0.428 e. The van der Waals surface area contributed by atoms with Gasteiger partial charge < -0.3 is 9.47 Å². The molecule has 0 N–H and O–H groups in total. The molecule has 0 saturated carbocycles. The number of carbonyl (C=O) groups excluding carboxylic acids is 2. The first kappa shape index (κ1) is 15.3. The summed E-state index contributed by atoms with van der Waals surface area (Å²) in [4.78, 5) is 23.9. The zero-order valence-corrected chi connectivity index (χ0v) is 12.1. The van der Waals surface area contributed by atoms with Crippen molar-refractivity contribution in [3.63, 3.8) is 0 Å². The van der Waals surface area contributed by atoms with E-state index in [9.17, 15) is 9.59 Å². The number of ether oxygens (including phenoxy) is 2. The molecule has 0 aromatic rings. The molecule has 0 aromatic heterocycles. The van der Waals surface area contributed by atoms with Crippen molar-refractivity contribution in [3.8, 4) is 0 Å². The van der Waals surface area contributed by atoms with Gasteiger partial charge in [-0.25, -0.2) is 9.59 Å². The molecular weight excluding hydrogens is 268 g/mol. The van der Waals surface area contributed by atoms with Crippen molar-refractivity contribution < 1.29 is 19.1 Å². The third-order valence-corrected chi connectivity index (χ3v) is 3.37. The van der Waals surface area contributed by atoms with Gasteiger partial charge in [0.05, 0.1) is 0 Å².